The van der Waals surface area contributed by atoms with E-state index in [-0.39, 0.29) is 30.4 Å². The van der Waals surface area contributed by atoms with Crippen molar-refractivity contribution in [1.29, 1.82) is 0 Å². The standard InChI is InChI=1S/C34H37N3O2/c1-24(2)26-12-16-29(17-13-26)33-31-11-8-20-35(31)21-22-36(33)32(38)23-37(25(3)4)34(39)30-18-14-28(15-19-30)27-9-6-5-7-10-27/h5-20,24-25,33H,21-23H2,1-4H3. The molecule has 5 rings (SSSR count). The molecule has 2 heterocycles. The molecule has 4 aromatic rings. The Balaban J connectivity index is 1.38. The Labute approximate surface area is 231 Å². The van der Waals surface area contributed by atoms with Crippen LogP contribution in [0.3, 0.4) is 0 Å². The fourth-order valence-electron chi connectivity index (χ4n) is 5.39. The summed E-state index contributed by atoms with van der Waals surface area (Å²) in [6.45, 7) is 9.68. The topological polar surface area (TPSA) is 45.6 Å². The van der Waals surface area contributed by atoms with Gasteiger partial charge in [0.05, 0.1) is 6.04 Å². The lowest BCUT2D eigenvalue weighted by Crippen LogP contribution is -2.49. The Morgan fingerprint density at radius 1 is 0.795 bits per heavy atom. The van der Waals surface area contributed by atoms with Crippen molar-refractivity contribution in [3.63, 3.8) is 0 Å². The Bertz CT molecular complexity index is 1420. The molecular formula is C34H37N3O2. The van der Waals surface area contributed by atoms with E-state index in [1.165, 1.54) is 5.56 Å². The van der Waals surface area contributed by atoms with E-state index in [0.717, 1.165) is 28.9 Å². The molecule has 2 amide bonds. The van der Waals surface area contributed by atoms with Gasteiger partial charge in [0.1, 0.15) is 6.54 Å². The molecule has 0 radical (unpaired) electrons. The van der Waals surface area contributed by atoms with Crippen LogP contribution in [-0.2, 0) is 11.3 Å². The number of nitrogens with zero attached hydrogens (tertiary/aromatic N) is 3. The van der Waals surface area contributed by atoms with Crippen molar-refractivity contribution in [2.45, 2.75) is 52.2 Å². The van der Waals surface area contributed by atoms with Crippen LogP contribution in [0.15, 0.2) is 97.2 Å². The van der Waals surface area contributed by atoms with Gasteiger partial charge >= 0.3 is 0 Å². The summed E-state index contributed by atoms with van der Waals surface area (Å²) in [5.74, 6) is 0.277. The number of aromatic nitrogens is 1. The fourth-order valence-corrected chi connectivity index (χ4v) is 5.39. The molecule has 1 aromatic heterocycles. The van der Waals surface area contributed by atoms with Gasteiger partial charge in [-0.3, -0.25) is 9.59 Å². The molecule has 3 aromatic carbocycles. The number of amides is 2. The third-order valence-corrected chi connectivity index (χ3v) is 7.71. The molecule has 1 atom stereocenters. The maximum atomic E-state index is 13.9. The average Bonchev–Trinajstić information content (AvgIpc) is 3.44. The first-order valence-corrected chi connectivity index (χ1v) is 13.8. The highest BCUT2D eigenvalue weighted by Crippen LogP contribution is 2.33. The number of hydrogen-bond acceptors (Lipinski definition) is 2. The van der Waals surface area contributed by atoms with Gasteiger partial charge in [0.2, 0.25) is 5.91 Å². The van der Waals surface area contributed by atoms with Gasteiger partial charge in [0.25, 0.3) is 5.91 Å². The van der Waals surface area contributed by atoms with Gasteiger partial charge in [-0.05, 0) is 66.3 Å². The molecule has 1 unspecified atom stereocenters. The number of benzene rings is 3. The number of fused-ring (bicyclic) bond motifs is 1. The minimum atomic E-state index is -0.184. The zero-order valence-corrected chi connectivity index (χ0v) is 23.2. The minimum Gasteiger partial charge on any atom is -0.348 e. The molecule has 5 nitrogen and oxygen atoms in total. The molecule has 200 valence electrons. The van der Waals surface area contributed by atoms with E-state index in [0.29, 0.717) is 18.0 Å². The van der Waals surface area contributed by atoms with Gasteiger partial charge in [-0.1, -0.05) is 80.6 Å². The van der Waals surface area contributed by atoms with E-state index >= 15 is 0 Å². The van der Waals surface area contributed by atoms with Crippen LogP contribution in [0.1, 0.15) is 66.8 Å². The largest absolute Gasteiger partial charge is 0.348 e. The van der Waals surface area contributed by atoms with Crippen LogP contribution < -0.4 is 0 Å². The molecule has 0 fully saturated rings. The smallest absolute Gasteiger partial charge is 0.254 e. The Hall–Kier alpha value is -4.12. The molecule has 0 saturated heterocycles. The predicted molar refractivity (Wildman–Crippen MR) is 157 cm³/mol. The summed E-state index contributed by atoms with van der Waals surface area (Å²) in [5, 5.41) is 0. The molecule has 5 heteroatoms. The fraction of sp³-hybridized carbons (Fsp3) is 0.294. The van der Waals surface area contributed by atoms with E-state index in [4.69, 9.17) is 0 Å². The lowest BCUT2D eigenvalue weighted by molar-refractivity contribution is -0.135. The van der Waals surface area contributed by atoms with E-state index < -0.39 is 0 Å². The van der Waals surface area contributed by atoms with Gasteiger partial charge in [-0.2, -0.15) is 0 Å². The zero-order chi connectivity index (χ0) is 27.5. The minimum absolute atomic E-state index is 0.0386. The first-order valence-electron chi connectivity index (χ1n) is 13.8. The van der Waals surface area contributed by atoms with Crippen molar-refractivity contribution in [2.75, 3.05) is 13.1 Å². The molecule has 39 heavy (non-hydrogen) atoms. The quantitative estimate of drug-likeness (QED) is 0.271. The van der Waals surface area contributed by atoms with Crippen molar-refractivity contribution in [1.82, 2.24) is 14.4 Å². The monoisotopic (exact) mass is 519 g/mol. The lowest BCUT2D eigenvalue weighted by Gasteiger charge is -2.39. The summed E-state index contributed by atoms with van der Waals surface area (Å²) in [6, 6.07) is 30.2. The molecule has 0 saturated carbocycles. The van der Waals surface area contributed by atoms with Gasteiger partial charge in [0.15, 0.2) is 0 Å². The van der Waals surface area contributed by atoms with E-state index in [1.807, 2.05) is 67.3 Å². The highest BCUT2D eigenvalue weighted by molar-refractivity contribution is 5.97. The van der Waals surface area contributed by atoms with E-state index in [1.54, 1.807) is 4.90 Å². The van der Waals surface area contributed by atoms with Crippen molar-refractivity contribution < 1.29 is 9.59 Å². The summed E-state index contributed by atoms with van der Waals surface area (Å²) < 4.78 is 2.23. The van der Waals surface area contributed by atoms with Gasteiger partial charge in [0, 0.05) is 36.6 Å². The SMILES string of the molecule is CC(C)c1ccc(C2c3cccn3CCN2C(=O)CN(C(=O)c2ccc(-c3ccccc3)cc2)C(C)C)cc1. The maximum Gasteiger partial charge on any atom is 0.254 e. The second kappa shape index (κ2) is 11.3. The lowest BCUT2D eigenvalue weighted by atomic mass is 9.95. The van der Waals surface area contributed by atoms with Crippen molar-refractivity contribution >= 4 is 11.8 Å². The second-order valence-corrected chi connectivity index (χ2v) is 10.9. The summed E-state index contributed by atoms with van der Waals surface area (Å²) in [6.07, 6.45) is 2.08. The molecule has 0 aliphatic carbocycles. The normalized spacial score (nSPS) is 14.9. The van der Waals surface area contributed by atoms with Crippen LogP contribution in [0, 0.1) is 0 Å². The van der Waals surface area contributed by atoms with E-state index in [2.05, 4.69) is 67.1 Å². The summed E-state index contributed by atoms with van der Waals surface area (Å²) in [4.78, 5) is 31.1. The first kappa shape index (κ1) is 26.5. The summed E-state index contributed by atoms with van der Waals surface area (Å²) in [7, 11) is 0. The number of hydrogen-bond donors (Lipinski definition) is 0. The molecule has 0 spiro atoms. The number of carbonyl (C=O) groups is 2. The van der Waals surface area contributed by atoms with Crippen LogP contribution in [0.2, 0.25) is 0 Å². The van der Waals surface area contributed by atoms with Crippen LogP contribution in [0.4, 0.5) is 0 Å². The summed E-state index contributed by atoms with van der Waals surface area (Å²) >= 11 is 0. The number of rotatable bonds is 7. The molecule has 0 N–H and O–H groups in total. The number of carbonyl (C=O) groups excluding carboxylic acids is 2. The van der Waals surface area contributed by atoms with Crippen LogP contribution >= 0.6 is 0 Å². The van der Waals surface area contributed by atoms with Gasteiger partial charge in [-0.25, -0.2) is 0 Å². The molecular weight excluding hydrogens is 482 g/mol. The van der Waals surface area contributed by atoms with Crippen LogP contribution in [0.5, 0.6) is 0 Å². The Kier molecular flexibility index (Phi) is 7.69. The maximum absolute atomic E-state index is 13.9. The zero-order valence-electron chi connectivity index (χ0n) is 23.2. The Morgan fingerprint density at radius 3 is 2.10 bits per heavy atom. The highest BCUT2D eigenvalue weighted by atomic mass is 16.2. The van der Waals surface area contributed by atoms with Gasteiger partial charge < -0.3 is 14.4 Å². The Morgan fingerprint density at radius 2 is 1.46 bits per heavy atom. The molecule has 1 aliphatic heterocycles. The molecule has 0 bridgehead atoms. The first-order chi connectivity index (χ1) is 18.8. The molecule has 1 aliphatic rings. The summed E-state index contributed by atoms with van der Waals surface area (Å²) in [5.41, 5.74) is 6.22. The van der Waals surface area contributed by atoms with Crippen LogP contribution in [-0.4, -0.2) is 45.3 Å². The van der Waals surface area contributed by atoms with E-state index in [9.17, 15) is 9.59 Å². The highest BCUT2D eigenvalue weighted by Gasteiger charge is 2.34. The van der Waals surface area contributed by atoms with Crippen molar-refractivity contribution in [3.8, 4) is 11.1 Å². The van der Waals surface area contributed by atoms with Gasteiger partial charge in [-0.15, -0.1) is 0 Å². The van der Waals surface area contributed by atoms with Crippen molar-refractivity contribution in [2.24, 2.45) is 0 Å². The third kappa shape index (κ3) is 5.53. The van der Waals surface area contributed by atoms with Crippen LogP contribution in [0.25, 0.3) is 11.1 Å². The third-order valence-electron chi connectivity index (χ3n) is 7.71. The average molecular weight is 520 g/mol. The van der Waals surface area contributed by atoms with Crippen molar-refractivity contribution in [3.05, 3.63) is 120 Å². The second-order valence-electron chi connectivity index (χ2n) is 10.9. The predicted octanol–water partition coefficient (Wildman–Crippen LogP) is 6.76.